The number of aliphatic hydroxyl groups is 1. The Labute approximate surface area is 121 Å². The first-order valence-corrected chi connectivity index (χ1v) is 8.71. The second-order valence-electron chi connectivity index (χ2n) is 5.62. The Bertz CT molecular complexity index is 556. The van der Waals surface area contributed by atoms with Gasteiger partial charge >= 0.3 is 0 Å². The van der Waals surface area contributed by atoms with Crippen molar-refractivity contribution in [2.24, 2.45) is 0 Å². The van der Waals surface area contributed by atoms with Gasteiger partial charge in [-0.05, 0) is 30.9 Å². The fourth-order valence-electron chi connectivity index (χ4n) is 2.79. The highest BCUT2D eigenvalue weighted by atomic mass is 32.2. The lowest BCUT2D eigenvalue weighted by Crippen LogP contribution is -2.46. The molecule has 2 rings (SSSR count). The molecule has 1 aromatic rings. The van der Waals surface area contributed by atoms with Gasteiger partial charge < -0.3 is 5.11 Å². The smallest absolute Gasteiger partial charge is 0.218 e. The monoisotopic (exact) mass is 297 g/mol. The summed E-state index contributed by atoms with van der Waals surface area (Å²) in [6.07, 6.45) is 2.84. The minimum Gasteiger partial charge on any atom is -0.391 e. The highest BCUT2D eigenvalue weighted by Crippen LogP contribution is 2.25. The maximum Gasteiger partial charge on any atom is 0.218 e. The second-order valence-corrected chi connectivity index (χ2v) is 7.65. The van der Waals surface area contributed by atoms with E-state index in [2.05, 4.69) is 0 Å². The van der Waals surface area contributed by atoms with Crippen molar-refractivity contribution in [2.75, 3.05) is 7.05 Å². The predicted octanol–water partition coefficient (Wildman–Crippen LogP) is 2.06. The Morgan fingerprint density at radius 1 is 1.25 bits per heavy atom. The molecule has 2 atom stereocenters. The van der Waals surface area contributed by atoms with Crippen molar-refractivity contribution in [2.45, 2.75) is 50.5 Å². The lowest BCUT2D eigenvalue weighted by atomic mass is 9.93. The van der Waals surface area contributed by atoms with Crippen LogP contribution in [0.5, 0.6) is 0 Å². The van der Waals surface area contributed by atoms with Gasteiger partial charge in [-0.2, -0.15) is 4.31 Å². The Kier molecular flexibility index (Phi) is 4.83. The fraction of sp³-hybridized carbons (Fsp3) is 0.600. The molecule has 1 aliphatic rings. The van der Waals surface area contributed by atoms with E-state index in [1.165, 1.54) is 4.31 Å². The summed E-state index contributed by atoms with van der Waals surface area (Å²) < 4.78 is 26.4. The molecule has 0 radical (unpaired) electrons. The molecule has 1 fully saturated rings. The molecule has 4 nitrogen and oxygen atoms in total. The van der Waals surface area contributed by atoms with Gasteiger partial charge in [-0.25, -0.2) is 8.42 Å². The SMILES string of the molecule is Cc1ccccc1CS(=O)(=O)N(C)[C@@H]1CCCC[C@H]1O. The van der Waals surface area contributed by atoms with E-state index in [0.717, 1.165) is 30.4 Å². The first-order valence-electron chi connectivity index (χ1n) is 7.10. The zero-order valence-corrected chi connectivity index (χ0v) is 12.9. The van der Waals surface area contributed by atoms with Crippen molar-refractivity contribution >= 4 is 10.0 Å². The average Bonchev–Trinajstić information content (AvgIpc) is 2.41. The van der Waals surface area contributed by atoms with Gasteiger partial charge in [-0.3, -0.25) is 0 Å². The van der Waals surface area contributed by atoms with Gasteiger partial charge in [-0.15, -0.1) is 0 Å². The number of rotatable bonds is 4. The molecule has 112 valence electrons. The van der Waals surface area contributed by atoms with Crippen molar-refractivity contribution < 1.29 is 13.5 Å². The largest absolute Gasteiger partial charge is 0.391 e. The molecule has 1 saturated carbocycles. The first-order chi connectivity index (χ1) is 9.42. The number of aryl methyl sites for hydroxylation is 1. The highest BCUT2D eigenvalue weighted by Gasteiger charge is 2.33. The predicted molar refractivity (Wildman–Crippen MR) is 79.8 cm³/mol. The summed E-state index contributed by atoms with van der Waals surface area (Å²) in [5.74, 6) is -0.000602. The third-order valence-electron chi connectivity index (χ3n) is 4.20. The van der Waals surface area contributed by atoms with E-state index in [1.54, 1.807) is 7.05 Å². The summed E-state index contributed by atoms with van der Waals surface area (Å²) in [7, 11) is -1.80. The van der Waals surface area contributed by atoms with E-state index < -0.39 is 16.1 Å². The van der Waals surface area contributed by atoms with Crippen molar-refractivity contribution in [1.82, 2.24) is 4.31 Å². The van der Waals surface area contributed by atoms with Gasteiger partial charge in [0.25, 0.3) is 0 Å². The zero-order valence-electron chi connectivity index (χ0n) is 12.1. The quantitative estimate of drug-likeness (QED) is 0.925. The van der Waals surface area contributed by atoms with Crippen molar-refractivity contribution in [1.29, 1.82) is 0 Å². The molecule has 0 aromatic heterocycles. The summed E-state index contributed by atoms with van der Waals surface area (Å²) in [6.45, 7) is 1.92. The van der Waals surface area contributed by atoms with E-state index in [1.807, 2.05) is 31.2 Å². The van der Waals surface area contributed by atoms with Crippen molar-refractivity contribution in [3.8, 4) is 0 Å². The Hall–Kier alpha value is -0.910. The third-order valence-corrected chi connectivity index (χ3v) is 6.02. The fourth-order valence-corrected chi connectivity index (χ4v) is 4.37. The first kappa shape index (κ1) is 15.5. The molecular formula is C15H23NO3S. The molecule has 0 aliphatic heterocycles. The van der Waals surface area contributed by atoms with Gasteiger partial charge in [0.15, 0.2) is 0 Å². The van der Waals surface area contributed by atoms with Crippen molar-refractivity contribution in [3.63, 3.8) is 0 Å². The lowest BCUT2D eigenvalue weighted by Gasteiger charge is -2.34. The topological polar surface area (TPSA) is 57.6 Å². The van der Waals surface area contributed by atoms with Crippen LogP contribution in [0.4, 0.5) is 0 Å². The van der Waals surface area contributed by atoms with Crippen molar-refractivity contribution in [3.05, 3.63) is 35.4 Å². The maximum atomic E-state index is 12.5. The van der Waals surface area contributed by atoms with E-state index in [4.69, 9.17) is 0 Å². The third kappa shape index (κ3) is 3.40. The standard InChI is InChI=1S/C15H23NO3S/c1-12-7-3-4-8-13(12)11-20(18,19)16(2)14-9-5-6-10-15(14)17/h3-4,7-8,14-15,17H,5-6,9-11H2,1-2H3/t14-,15-/m1/s1. The molecule has 20 heavy (non-hydrogen) atoms. The minimum absolute atomic E-state index is 0.000602. The number of aliphatic hydroxyl groups excluding tert-OH is 1. The zero-order chi connectivity index (χ0) is 14.8. The normalized spacial score (nSPS) is 24.0. The summed E-state index contributed by atoms with van der Waals surface area (Å²) >= 11 is 0. The maximum absolute atomic E-state index is 12.5. The number of nitrogens with zero attached hydrogens (tertiary/aromatic N) is 1. The van der Waals surface area contributed by atoms with Crippen LogP contribution in [0, 0.1) is 6.92 Å². The molecule has 0 amide bonds. The van der Waals surface area contributed by atoms with E-state index in [9.17, 15) is 13.5 Å². The van der Waals surface area contributed by atoms with Crippen LogP contribution in [0.3, 0.4) is 0 Å². The highest BCUT2D eigenvalue weighted by molar-refractivity contribution is 7.88. The van der Waals surface area contributed by atoms with Crippen LogP contribution < -0.4 is 0 Å². The molecule has 0 bridgehead atoms. The minimum atomic E-state index is -3.40. The number of likely N-dealkylation sites (N-methyl/N-ethyl adjacent to an activating group) is 1. The van der Waals surface area contributed by atoms with Gasteiger partial charge in [0, 0.05) is 7.05 Å². The average molecular weight is 297 g/mol. The van der Waals surface area contributed by atoms with E-state index in [-0.39, 0.29) is 11.8 Å². The summed E-state index contributed by atoms with van der Waals surface area (Å²) in [6, 6.07) is 7.24. The second kappa shape index (κ2) is 6.24. The van der Waals surface area contributed by atoms with Crippen LogP contribution in [0.2, 0.25) is 0 Å². The Balaban J connectivity index is 2.15. The molecule has 0 unspecified atom stereocenters. The number of benzene rings is 1. The van der Waals surface area contributed by atoms with Gasteiger partial charge in [0.2, 0.25) is 10.0 Å². The number of sulfonamides is 1. The van der Waals surface area contributed by atoms with Crippen LogP contribution in [-0.4, -0.2) is 37.0 Å². The van der Waals surface area contributed by atoms with E-state index >= 15 is 0 Å². The molecule has 1 aromatic carbocycles. The summed E-state index contributed by atoms with van der Waals surface area (Å²) in [5, 5.41) is 10.0. The summed E-state index contributed by atoms with van der Waals surface area (Å²) in [5.41, 5.74) is 1.80. The molecule has 0 spiro atoms. The summed E-state index contributed by atoms with van der Waals surface area (Å²) in [4.78, 5) is 0. The van der Waals surface area contributed by atoms with Crippen LogP contribution >= 0.6 is 0 Å². The van der Waals surface area contributed by atoms with Crippen LogP contribution in [0.25, 0.3) is 0 Å². The van der Waals surface area contributed by atoms with Crippen LogP contribution in [0.1, 0.15) is 36.8 Å². The lowest BCUT2D eigenvalue weighted by molar-refractivity contribution is 0.0637. The van der Waals surface area contributed by atoms with Gasteiger partial charge in [0.1, 0.15) is 0 Å². The van der Waals surface area contributed by atoms with E-state index in [0.29, 0.717) is 6.42 Å². The molecule has 1 N–H and O–H groups in total. The molecular weight excluding hydrogens is 274 g/mol. The van der Waals surface area contributed by atoms with Gasteiger partial charge in [0.05, 0.1) is 17.9 Å². The number of hydrogen-bond acceptors (Lipinski definition) is 3. The molecule has 1 aliphatic carbocycles. The number of hydrogen-bond donors (Lipinski definition) is 1. The molecule has 5 heteroatoms. The molecule has 0 heterocycles. The Morgan fingerprint density at radius 3 is 2.55 bits per heavy atom. The molecule has 0 saturated heterocycles. The van der Waals surface area contributed by atoms with Gasteiger partial charge in [-0.1, -0.05) is 37.1 Å². The Morgan fingerprint density at radius 2 is 1.90 bits per heavy atom. The van der Waals surface area contributed by atoms with Crippen LogP contribution in [-0.2, 0) is 15.8 Å². The van der Waals surface area contributed by atoms with Crippen LogP contribution in [0.15, 0.2) is 24.3 Å².